The minimum Gasteiger partial charge on any atom is -0.393 e. The topological polar surface area (TPSA) is 20.2 Å². The SMILES string of the molecule is CS/C=C\CC(C)O. The zero-order valence-corrected chi connectivity index (χ0v) is 6.11. The van der Waals surface area contributed by atoms with Crippen LogP contribution in [0.25, 0.3) is 0 Å². The zero-order chi connectivity index (χ0) is 6.41. The van der Waals surface area contributed by atoms with Gasteiger partial charge in [-0.3, -0.25) is 0 Å². The highest BCUT2D eigenvalue weighted by molar-refractivity contribution is 8.01. The normalized spacial score (nSPS) is 14.9. The molecule has 0 heterocycles. The van der Waals surface area contributed by atoms with Gasteiger partial charge in [-0.05, 0) is 25.0 Å². The van der Waals surface area contributed by atoms with E-state index in [9.17, 15) is 0 Å². The summed E-state index contributed by atoms with van der Waals surface area (Å²) in [6.07, 6.45) is 4.53. The van der Waals surface area contributed by atoms with Gasteiger partial charge < -0.3 is 5.11 Å². The first-order valence-electron chi connectivity index (χ1n) is 2.63. The molecule has 2 heteroatoms. The molecule has 0 spiro atoms. The number of aliphatic hydroxyl groups is 1. The molecule has 0 fully saturated rings. The van der Waals surface area contributed by atoms with E-state index in [1.54, 1.807) is 18.7 Å². The van der Waals surface area contributed by atoms with E-state index in [-0.39, 0.29) is 6.10 Å². The Hall–Kier alpha value is 0.0500. The third kappa shape index (κ3) is 6.05. The van der Waals surface area contributed by atoms with Gasteiger partial charge in [0.2, 0.25) is 0 Å². The Morgan fingerprint density at radius 2 is 2.38 bits per heavy atom. The monoisotopic (exact) mass is 132 g/mol. The molecule has 1 atom stereocenters. The van der Waals surface area contributed by atoms with Gasteiger partial charge in [0.15, 0.2) is 0 Å². The minimum atomic E-state index is -0.196. The second kappa shape index (κ2) is 5.19. The van der Waals surface area contributed by atoms with Crippen LogP contribution in [0.3, 0.4) is 0 Å². The van der Waals surface area contributed by atoms with Crippen molar-refractivity contribution in [2.75, 3.05) is 6.26 Å². The average Bonchev–Trinajstić information content (AvgIpc) is 1.66. The second-order valence-electron chi connectivity index (χ2n) is 1.69. The third-order valence-corrected chi connectivity index (χ3v) is 1.17. The summed E-state index contributed by atoms with van der Waals surface area (Å²) in [6.45, 7) is 1.78. The van der Waals surface area contributed by atoms with Gasteiger partial charge in [0.25, 0.3) is 0 Å². The van der Waals surface area contributed by atoms with Crippen molar-refractivity contribution < 1.29 is 5.11 Å². The molecule has 0 amide bonds. The summed E-state index contributed by atoms with van der Waals surface area (Å²) in [6, 6.07) is 0. The molecule has 0 aromatic carbocycles. The maximum absolute atomic E-state index is 8.72. The number of rotatable bonds is 3. The van der Waals surface area contributed by atoms with Gasteiger partial charge in [0.1, 0.15) is 0 Å². The Bertz CT molecular complexity index is 68.9. The molecule has 0 aliphatic carbocycles. The highest BCUT2D eigenvalue weighted by atomic mass is 32.2. The summed E-state index contributed by atoms with van der Waals surface area (Å²) in [5, 5.41) is 10.7. The van der Waals surface area contributed by atoms with Crippen LogP contribution >= 0.6 is 11.8 Å². The van der Waals surface area contributed by atoms with Gasteiger partial charge in [-0.15, -0.1) is 11.8 Å². The maximum Gasteiger partial charge on any atom is 0.0546 e. The van der Waals surface area contributed by atoms with Crippen LogP contribution in [0.15, 0.2) is 11.5 Å². The average molecular weight is 132 g/mol. The van der Waals surface area contributed by atoms with E-state index in [2.05, 4.69) is 0 Å². The first kappa shape index (κ1) is 8.05. The Kier molecular flexibility index (Phi) is 5.22. The molecule has 48 valence electrons. The van der Waals surface area contributed by atoms with Gasteiger partial charge in [-0.25, -0.2) is 0 Å². The predicted molar refractivity (Wildman–Crippen MR) is 39.0 cm³/mol. The van der Waals surface area contributed by atoms with Crippen molar-refractivity contribution in [3.05, 3.63) is 11.5 Å². The van der Waals surface area contributed by atoms with Crippen LogP contribution in [-0.4, -0.2) is 17.5 Å². The van der Waals surface area contributed by atoms with E-state index in [4.69, 9.17) is 5.11 Å². The Morgan fingerprint density at radius 3 is 2.75 bits per heavy atom. The van der Waals surface area contributed by atoms with E-state index in [1.165, 1.54) is 0 Å². The number of thioether (sulfide) groups is 1. The smallest absolute Gasteiger partial charge is 0.0546 e. The molecule has 0 aliphatic rings. The summed E-state index contributed by atoms with van der Waals surface area (Å²) in [5.41, 5.74) is 0. The fourth-order valence-corrected chi connectivity index (χ4v) is 0.652. The molecule has 0 saturated carbocycles. The quantitative estimate of drug-likeness (QED) is 0.630. The van der Waals surface area contributed by atoms with E-state index in [0.29, 0.717) is 0 Å². The van der Waals surface area contributed by atoms with Crippen LogP contribution in [0.5, 0.6) is 0 Å². The van der Waals surface area contributed by atoms with Gasteiger partial charge in [0.05, 0.1) is 6.10 Å². The molecule has 0 radical (unpaired) electrons. The Labute approximate surface area is 54.8 Å². The molecular weight excluding hydrogens is 120 g/mol. The fraction of sp³-hybridized carbons (Fsp3) is 0.667. The molecule has 0 saturated heterocycles. The van der Waals surface area contributed by atoms with Crippen LogP contribution in [0.1, 0.15) is 13.3 Å². The van der Waals surface area contributed by atoms with Gasteiger partial charge in [0, 0.05) is 0 Å². The molecule has 0 aromatic rings. The summed E-state index contributed by atoms with van der Waals surface area (Å²) >= 11 is 1.65. The van der Waals surface area contributed by atoms with Crippen molar-refractivity contribution in [3.63, 3.8) is 0 Å². The zero-order valence-electron chi connectivity index (χ0n) is 5.29. The lowest BCUT2D eigenvalue weighted by Gasteiger charge is -1.94. The van der Waals surface area contributed by atoms with Crippen molar-refractivity contribution in [3.8, 4) is 0 Å². The maximum atomic E-state index is 8.72. The van der Waals surface area contributed by atoms with Crippen LogP contribution < -0.4 is 0 Å². The largest absolute Gasteiger partial charge is 0.393 e. The lowest BCUT2D eigenvalue weighted by atomic mass is 10.3. The summed E-state index contributed by atoms with van der Waals surface area (Å²) < 4.78 is 0. The molecular formula is C6H12OS. The lowest BCUT2D eigenvalue weighted by molar-refractivity contribution is 0.198. The molecule has 0 aromatic heterocycles. The van der Waals surface area contributed by atoms with E-state index >= 15 is 0 Å². The lowest BCUT2D eigenvalue weighted by Crippen LogP contribution is -1.94. The Morgan fingerprint density at radius 1 is 1.75 bits per heavy atom. The highest BCUT2D eigenvalue weighted by Crippen LogP contribution is 1.97. The van der Waals surface area contributed by atoms with E-state index in [1.807, 2.05) is 17.7 Å². The Balaban J connectivity index is 3.03. The summed E-state index contributed by atoms with van der Waals surface area (Å²) in [7, 11) is 0. The van der Waals surface area contributed by atoms with Crippen molar-refractivity contribution in [2.45, 2.75) is 19.4 Å². The molecule has 8 heavy (non-hydrogen) atoms. The van der Waals surface area contributed by atoms with Crippen LogP contribution in [-0.2, 0) is 0 Å². The summed E-state index contributed by atoms with van der Waals surface area (Å²) in [5.74, 6) is 0. The first-order valence-corrected chi connectivity index (χ1v) is 3.92. The highest BCUT2D eigenvalue weighted by Gasteiger charge is 1.86. The van der Waals surface area contributed by atoms with Crippen LogP contribution in [0.2, 0.25) is 0 Å². The van der Waals surface area contributed by atoms with Gasteiger partial charge >= 0.3 is 0 Å². The molecule has 0 bridgehead atoms. The number of hydrogen-bond donors (Lipinski definition) is 1. The summed E-state index contributed by atoms with van der Waals surface area (Å²) in [4.78, 5) is 0. The first-order chi connectivity index (χ1) is 3.77. The van der Waals surface area contributed by atoms with E-state index < -0.39 is 0 Å². The van der Waals surface area contributed by atoms with Gasteiger partial charge in [-0.2, -0.15) is 0 Å². The third-order valence-electron chi connectivity index (χ3n) is 0.710. The van der Waals surface area contributed by atoms with Crippen molar-refractivity contribution in [1.29, 1.82) is 0 Å². The van der Waals surface area contributed by atoms with E-state index in [0.717, 1.165) is 6.42 Å². The van der Waals surface area contributed by atoms with Crippen molar-refractivity contribution in [1.82, 2.24) is 0 Å². The standard InChI is InChI=1S/C6H12OS/c1-6(7)4-3-5-8-2/h3,5-7H,4H2,1-2H3/b5-3-. The van der Waals surface area contributed by atoms with Crippen molar-refractivity contribution >= 4 is 11.8 Å². The number of aliphatic hydroxyl groups excluding tert-OH is 1. The van der Waals surface area contributed by atoms with Crippen molar-refractivity contribution in [2.24, 2.45) is 0 Å². The molecule has 1 N–H and O–H groups in total. The molecule has 1 unspecified atom stereocenters. The fourth-order valence-electron chi connectivity index (χ4n) is 0.349. The van der Waals surface area contributed by atoms with Crippen LogP contribution in [0, 0.1) is 0 Å². The number of hydrogen-bond acceptors (Lipinski definition) is 2. The second-order valence-corrected chi connectivity index (χ2v) is 2.44. The minimum absolute atomic E-state index is 0.196. The van der Waals surface area contributed by atoms with Crippen LogP contribution in [0.4, 0.5) is 0 Å². The predicted octanol–water partition coefficient (Wildman–Crippen LogP) is 1.63. The molecule has 0 aliphatic heterocycles. The van der Waals surface area contributed by atoms with Gasteiger partial charge in [-0.1, -0.05) is 6.08 Å². The molecule has 1 nitrogen and oxygen atoms in total. The molecule has 0 rings (SSSR count).